The van der Waals surface area contributed by atoms with Crippen LogP contribution in [0.5, 0.6) is 0 Å². The number of carbonyl (C=O) groups is 1. The van der Waals surface area contributed by atoms with Crippen LogP contribution in [-0.4, -0.2) is 26.2 Å². The van der Waals surface area contributed by atoms with Crippen LogP contribution in [0.15, 0.2) is 23.4 Å². The number of hydrogen-bond acceptors (Lipinski definition) is 3. The van der Waals surface area contributed by atoms with Crippen molar-refractivity contribution in [2.75, 3.05) is 0 Å². The number of rotatable bonds is 5. The van der Waals surface area contributed by atoms with Gasteiger partial charge >= 0.3 is 0 Å². The maximum absolute atomic E-state index is 12.3. The second-order valence-electron chi connectivity index (χ2n) is 6.68. The van der Waals surface area contributed by atoms with Crippen molar-refractivity contribution in [1.82, 2.24) is 14.9 Å². The SMILES string of the molecule is CCCn1c(SC(C)C(=O)NC(C)(C)C)nc2cc(Cl)ccc21. The van der Waals surface area contributed by atoms with Crippen LogP contribution in [0.3, 0.4) is 0 Å². The van der Waals surface area contributed by atoms with Gasteiger partial charge in [-0.2, -0.15) is 0 Å². The summed E-state index contributed by atoms with van der Waals surface area (Å²) in [6.45, 7) is 10.9. The van der Waals surface area contributed by atoms with E-state index in [1.807, 2.05) is 45.9 Å². The number of carbonyl (C=O) groups excluding carboxylic acids is 1. The second-order valence-corrected chi connectivity index (χ2v) is 8.42. The van der Waals surface area contributed by atoms with E-state index in [4.69, 9.17) is 11.6 Å². The fourth-order valence-corrected chi connectivity index (χ4v) is 3.41. The van der Waals surface area contributed by atoms with Crippen molar-refractivity contribution in [2.45, 2.75) is 63.5 Å². The second kappa shape index (κ2) is 7.14. The number of benzene rings is 1. The molecule has 0 aliphatic carbocycles. The van der Waals surface area contributed by atoms with E-state index >= 15 is 0 Å². The molecular formula is C17H24ClN3OS. The number of amides is 1. The van der Waals surface area contributed by atoms with Crippen molar-refractivity contribution in [3.8, 4) is 0 Å². The molecule has 6 heteroatoms. The van der Waals surface area contributed by atoms with E-state index in [-0.39, 0.29) is 16.7 Å². The molecule has 1 N–H and O–H groups in total. The lowest BCUT2D eigenvalue weighted by atomic mass is 10.1. The maximum Gasteiger partial charge on any atom is 0.233 e. The van der Waals surface area contributed by atoms with Gasteiger partial charge in [0.1, 0.15) is 0 Å². The molecule has 0 aliphatic heterocycles. The van der Waals surface area contributed by atoms with Crippen LogP contribution in [0.25, 0.3) is 11.0 Å². The molecule has 1 amide bonds. The molecule has 0 fully saturated rings. The monoisotopic (exact) mass is 353 g/mol. The van der Waals surface area contributed by atoms with E-state index in [9.17, 15) is 4.79 Å². The third kappa shape index (κ3) is 4.64. The van der Waals surface area contributed by atoms with Crippen molar-refractivity contribution >= 4 is 40.3 Å². The zero-order valence-corrected chi connectivity index (χ0v) is 15.9. The van der Waals surface area contributed by atoms with Crippen LogP contribution in [0.4, 0.5) is 0 Å². The highest BCUT2D eigenvalue weighted by atomic mass is 35.5. The van der Waals surface area contributed by atoms with Crippen molar-refractivity contribution < 1.29 is 4.79 Å². The summed E-state index contributed by atoms with van der Waals surface area (Å²) in [5, 5.41) is 4.34. The molecule has 1 aromatic carbocycles. The Hall–Kier alpha value is -1.20. The van der Waals surface area contributed by atoms with E-state index in [1.165, 1.54) is 11.8 Å². The molecule has 23 heavy (non-hydrogen) atoms. The average molecular weight is 354 g/mol. The molecule has 0 saturated carbocycles. The molecule has 1 aromatic heterocycles. The first kappa shape index (κ1) is 18.1. The van der Waals surface area contributed by atoms with Crippen molar-refractivity contribution in [1.29, 1.82) is 0 Å². The van der Waals surface area contributed by atoms with Gasteiger partial charge < -0.3 is 9.88 Å². The summed E-state index contributed by atoms with van der Waals surface area (Å²) in [5.41, 5.74) is 1.70. The van der Waals surface area contributed by atoms with Gasteiger partial charge in [-0.1, -0.05) is 30.3 Å². The third-order valence-electron chi connectivity index (χ3n) is 3.27. The van der Waals surface area contributed by atoms with Crippen molar-refractivity contribution in [2.24, 2.45) is 0 Å². The summed E-state index contributed by atoms with van der Waals surface area (Å²) in [5.74, 6) is 0.0237. The van der Waals surface area contributed by atoms with Gasteiger partial charge in [0.05, 0.1) is 16.3 Å². The number of imidazole rings is 1. The minimum absolute atomic E-state index is 0.0237. The predicted octanol–water partition coefficient (Wildman–Crippen LogP) is 4.50. The summed E-state index contributed by atoms with van der Waals surface area (Å²) in [6.07, 6.45) is 1.00. The number of fused-ring (bicyclic) bond motifs is 1. The summed E-state index contributed by atoms with van der Waals surface area (Å²) in [7, 11) is 0. The Morgan fingerprint density at radius 3 is 2.74 bits per heavy atom. The fourth-order valence-electron chi connectivity index (χ4n) is 2.29. The van der Waals surface area contributed by atoms with Gasteiger partial charge in [-0.3, -0.25) is 4.79 Å². The highest BCUT2D eigenvalue weighted by molar-refractivity contribution is 8.00. The van der Waals surface area contributed by atoms with Crippen LogP contribution < -0.4 is 5.32 Å². The molecule has 126 valence electrons. The van der Waals surface area contributed by atoms with Crippen LogP contribution >= 0.6 is 23.4 Å². The van der Waals surface area contributed by atoms with Gasteiger partial charge in [0.25, 0.3) is 0 Å². The number of nitrogens with one attached hydrogen (secondary N) is 1. The summed E-state index contributed by atoms with van der Waals surface area (Å²) >= 11 is 7.55. The molecule has 0 radical (unpaired) electrons. The predicted molar refractivity (Wildman–Crippen MR) is 98.2 cm³/mol. The largest absolute Gasteiger partial charge is 0.351 e. The van der Waals surface area contributed by atoms with Gasteiger partial charge in [-0.25, -0.2) is 4.98 Å². The number of halogens is 1. The van der Waals surface area contributed by atoms with Gasteiger partial charge in [0.2, 0.25) is 5.91 Å². The van der Waals surface area contributed by atoms with Crippen LogP contribution in [0, 0.1) is 0 Å². The highest BCUT2D eigenvalue weighted by Gasteiger charge is 2.22. The standard InChI is InChI=1S/C17H24ClN3OS/c1-6-9-21-14-8-7-12(18)10-13(14)19-16(21)23-11(2)15(22)20-17(3,4)5/h7-8,10-11H,6,9H2,1-5H3,(H,20,22). The normalized spacial score (nSPS) is 13.3. The zero-order valence-electron chi connectivity index (χ0n) is 14.3. The lowest BCUT2D eigenvalue weighted by molar-refractivity contribution is -0.121. The number of hydrogen-bond donors (Lipinski definition) is 1. The van der Waals surface area contributed by atoms with Crippen molar-refractivity contribution in [3.63, 3.8) is 0 Å². The minimum atomic E-state index is -0.233. The molecule has 0 spiro atoms. The van der Waals surface area contributed by atoms with E-state index in [0.29, 0.717) is 5.02 Å². The van der Waals surface area contributed by atoms with Gasteiger partial charge in [0.15, 0.2) is 5.16 Å². The summed E-state index contributed by atoms with van der Waals surface area (Å²) in [6, 6.07) is 5.74. The van der Waals surface area contributed by atoms with Gasteiger partial charge in [0, 0.05) is 17.1 Å². The van der Waals surface area contributed by atoms with Crippen LogP contribution in [0.2, 0.25) is 5.02 Å². The topological polar surface area (TPSA) is 46.9 Å². The van der Waals surface area contributed by atoms with E-state index in [0.717, 1.165) is 29.2 Å². The van der Waals surface area contributed by atoms with Gasteiger partial charge in [-0.05, 0) is 52.3 Å². The van der Waals surface area contributed by atoms with E-state index in [2.05, 4.69) is 21.8 Å². The maximum atomic E-state index is 12.3. The Morgan fingerprint density at radius 2 is 2.13 bits per heavy atom. The molecule has 4 nitrogen and oxygen atoms in total. The fraction of sp³-hybridized carbons (Fsp3) is 0.529. The molecule has 0 aliphatic rings. The molecule has 1 heterocycles. The summed E-state index contributed by atoms with van der Waals surface area (Å²) in [4.78, 5) is 17.0. The number of aryl methyl sites for hydroxylation is 1. The first-order chi connectivity index (χ1) is 10.7. The molecule has 1 atom stereocenters. The molecule has 2 rings (SSSR count). The van der Waals surface area contributed by atoms with Crippen molar-refractivity contribution in [3.05, 3.63) is 23.2 Å². The number of thioether (sulfide) groups is 1. The van der Waals surface area contributed by atoms with Crippen LogP contribution in [-0.2, 0) is 11.3 Å². The quantitative estimate of drug-likeness (QED) is 0.805. The third-order valence-corrected chi connectivity index (χ3v) is 4.60. The first-order valence-electron chi connectivity index (χ1n) is 7.85. The highest BCUT2D eigenvalue weighted by Crippen LogP contribution is 2.29. The molecule has 0 saturated heterocycles. The zero-order chi connectivity index (χ0) is 17.2. The number of aromatic nitrogens is 2. The molecule has 1 unspecified atom stereocenters. The Labute approximate surface area is 147 Å². The van der Waals surface area contributed by atoms with Crippen LogP contribution in [0.1, 0.15) is 41.0 Å². The minimum Gasteiger partial charge on any atom is -0.351 e. The lowest BCUT2D eigenvalue weighted by Gasteiger charge is -2.23. The Bertz CT molecular complexity index is 706. The first-order valence-corrected chi connectivity index (χ1v) is 9.11. The Balaban J connectivity index is 2.28. The Morgan fingerprint density at radius 1 is 1.43 bits per heavy atom. The Kier molecular flexibility index (Phi) is 5.63. The smallest absolute Gasteiger partial charge is 0.233 e. The number of nitrogens with zero attached hydrogens (tertiary/aromatic N) is 2. The molecular weight excluding hydrogens is 330 g/mol. The lowest BCUT2D eigenvalue weighted by Crippen LogP contribution is -2.44. The molecule has 2 aromatic rings. The average Bonchev–Trinajstić information content (AvgIpc) is 2.74. The molecule has 0 bridgehead atoms. The van der Waals surface area contributed by atoms with E-state index in [1.54, 1.807) is 0 Å². The summed E-state index contributed by atoms with van der Waals surface area (Å²) < 4.78 is 2.16. The van der Waals surface area contributed by atoms with E-state index < -0.39 is 0 Å². The van der Waals surface area contributed by atoms with Gasteiger partial charge in [-0.15, -0.1) is 0 Å².